The Labute approximate surface area is 123 Å². The van der Waals surface area contributed by atoms with Crippen molar-refractivity contribution in [2.45, 2.75) is 45.6 Å². The molecule has 0 saturated carbocycles. The molecular weight excluding hydrogens is 272 g/mol. The third kappa shape index (κ3) is 2.95. The van der Waals surface area contributed by atoms with Crippen LogP contribution in [-0.4, -0.2) is 51.2 Å². The number of hydrogen-bond acceptors (Lipinski definition) is 3. The van der Waals surface area contributed by atoms with Gasteiger partial charge >= 0.3 is 5.97 Å². The second kappa shape index (κ2) is 6.30. The van der Waals surface area contributed by atoms with Crippen molar-refractivity contribution in [2.75, 3.05) is 13.2 Å². The fourth-order valence-electron chi connectivity index (χ4n) is 3.06. The predicted molar refractivity (Wildman–Crippen MR) is 77.6 cm³/mol. The van der Waals surface area contributed by atoms with Gasteiger partial charge in [0.2, 0.25) is 0 Å². The molecule has 1 aromatic heterocycles. The Kier molecular flexibility index (Phi) is 4.67. The minimum atomic E-state index is -1.07. The fourth-order valence-corrected chi connectivity index (χ4v) is 3.06. The molecule has 2 rings (SSSR count). The average Bonchev–Trinajstić information content (AvgIpc) is 2.64. The van der Waals surface area contributed by atoms with E-state index in [9.17, 15) is 14.7 Å². The summed E-state index contributed by atoms with van der Waals surface area (Å²) in [6.45, 7) is 3.90. The Bertz CT molecular complexity index is 550. The number of likely N-dealkylation sites (tertiary alicyclic amines) is 1. The van der Waals surface area contributed by atoms with Crippen LogP contribution in [0.15, 0.2) is 0 Å². The standard InChI is InChI=1S/C15H22N2O4/c1-9-12(10(2)16-13(9)15(20)21)14(19)17-7-5-3-4-6-11(17)8-18/h11,16,18H,3-8H2,1-2H3,(H,20,21). The summed E-state index contributed by atoms with van der Waals surface area (Å²) in [6, 6.07) is -0.179. The van der Waals surface area contributed by atoms with Crippen LogP contribution in [0, 0.1) is 13.8 Å². The van der Waals surface area contributed by atoms with Gasteiger partial charge in [-0.1, -0.05) is 12.8 Å². The van der Waals surface area contributed by atoms with Crippen LogP contribution in [0.3, 0.4) is 0 Å². The molecule has 0 aliphatic carbocycles. The summed E-state index contributed by atoms with van der Waals surface area (Å²) in [5, 5.41) is 18.7. The Balaban J connectivity index is 2.36. The van der Waals surface area contributed by atoms with E-state index in [4.69, 9.17) is 5.11 Å². The highest BCUT2D eigenvalue weighted by Gasteiger charge is 2.30. The van der Waals surface area contributed by atoms with Crippen molar-refractivity contribution in [2.24, 2.45) is 0 Å². The number of carboxylic acids is 1. The quantitative estimate of drug-likeness (QED) is 0.791. The van der Waals surface area contributed by atoms with Crippen LogP contribution < -0.4 is 0 Å². The van der Waals surface area contributed by atoms with Gasteiger partial charge in [0, 0.05) is 12.2 Å². The first kappa shape index (κ1) is 15.6. The maximum Gasteiger partial charge on any atom is 0.352 e. The van der Waals surface area contributed by atoms with Gasteiger partial charge in [-0.2, -0.15) is 0 Å². The number of nitrogens with one attached hydrogen (secondary N) is 1. The molecule has 2 heterocycles. The number of aliphatic hydroxyl groups excluding tert-OH is 1. The number of hydrogen-bond donors (Lipinski definition) is 3. The molecule has 1 unspecified atom stereocenters. The molecule has 1 saturated heterocycles. The lowest BCUT2D eigenvalue weighted by Gasteiger charge is -2.29. The lowest BCUT2D eigenvalue weighted by atomic mass is 10.1. The first-order chi connectivity index (χ1) is 9.97. The molecule has 1 aromatic rings. The van der Waals surface area contributed by atoms with Crippen LogP contribution in [0.2, 0.25) is 0 Å². The van der Waals surface area contributed by atoms with E-state index in [2.05, 4.69) is 4.98 Å². The van der Waals surface area contributed by atoms with Crippen LogP contribution in [0.4, 0.5) is 0 Å². The van der Waals surface area contributed by atoms with Gasteiger partial charge in [-0.3, -0.25) is 4.79 Å². The van der Waals surface area contributed by atoms with E-state index in [0.717, 1.165) is 25.7 Å². The highest BCUT2D eigenvalue weighted by molar-refractivity contribution is 6.01. The van der Waals surface area contributed by atoms with Gasteiger partial charge in [0.1, 0.15) is 5.69 Å². The molecule has 3 N–H and O–H groups in total. The Hall–Kier alpha value is -1.82. The molecule has 1 atom stereocenters. The first-order valence-corrected chi connectivity index (χ1v) is 7.31. The molecule has 1 fully saturated rings. The molecule has 0 radical (unpaired) electrons. The number of carbonyl (C=O) groups excluding carboxylic acids is 1. The summed E-state index contributed by atoms with van der Waals surface area (Å²) in [4.78, 5) is 28.4. The Morgan fingerprint density at radius 2 is 2.00 bits per heavy atom. The molecule has 21 heavy (non-hydrogen) atoms. The van der Waals surface area contributed by atoms with E-state index in [0.29, 0.717) is 23.4 Å². The number of aromatic nitrogens is 1. The number of aromatic amines is 1. The number of aliphatic hydroxyl groups is 1. The summed E-state index contributed by atoms with van der Waals surface area (Å²) in [6.07, 6.45) is 3.75. The molecule has 6 nitrogen and oxygen atoms in total. The number of rotatable bonds is 3. The molecule has 1 amide bonds. The molecule has 1 aliphatic heterocycles. The lowest BCUT2D eigenvalue weighted by Crippen LogP contribution is -2.42. The van der Waals surface area contributed by atoms with Crippen molar-refractivity contribution in [3.05, 3.63) is 22.5 Å². The average molecular weight is 294 g/mol. The van der Waals surface area contributed by atoms with Crippen molar-refractivity contribution in [1.82, 2.24) is 9.88 Å². The molecular formula is C15H22N2O4. The minimum Gasteiger partial charge on any atom is -0.477 e. The Morgan fingerprint density at radius 1 is 1.29 bits per heavy atom. The summed E-state index contributed by atoms with van der Waals surface area (Å²) < 4.78 is 0. The lowest BCUT2D eigenvalue weighted by molar-refractivity contribution is 0.0598. The van der Waals surface area contributed by atoms with Gasteiger partial charge in [0.15, 0.2) is 0 Å². The van der Waals surface area contributed by atoms with Crippen molar-refractivity contribution < 1.29 is 19.8 Å². The van der Waals surface area contributed by atoms with Gasteiger partial charge < -0.3 is 20.1 Å². The number of carboxylic acid groups (broad SMARTS) is 1. The van der Waals surface area contributed by atoms with E-state index in [1.165, 1.54) is 0 Å². The van der Waals surface area contributed by atoms with Gasteiger partial charge in [-0.05, 0) is 32.3 Å². The molecule has 0 spiro atoms. The monoisotopic (exact) mass is 294 g/mol. The second-order valence-corrected chi connectivity index (χ2v) is 5.61. The summed E-state index contributed by atoms with van der Waals surface area (Å²) >= 11 is 0. The largest absolute Gasteiger partial charge is 0.477 e. The van der Waals surface area contributed by atoms with E-state index in [1.54, 1.807) is 18.7 Å². The summed E-state index contributed by atoms with van der Waals surface area (Å²) in [5.74, 6) is -1.25. The molecule has 116 valence electrons. The van der Waals surface area contributed by atoms with Gasteiger partial charge in [0.05, 0.1) is 18.2 Å². The highest BCUT2D eigenvalue weighted by atomic mass is 16.4. The third-order valence-corrected chi connectivity index (χ3v) is 4.21. The minimum absolute atomic E-state index is 0.0555. The number of nitrogens with zero attached hydrogens (tertiary/aromatic N) is 1. The van der Waals surface area contributed by atoms with E-state index in [-0.39, 0.29) is 24.2 Å². The smallest absolute Gasteiger partial charge is 0.352 e. The zero-order valence-electron chi connectivity index (χ0n) is 12.5. The summed E-state index contributed by atoms with van der Waals surface area (Å²) in [7, 11) is 0. The van der Waals surface area contributed by atoms with Gasteiger partial charge in [-0.15, -0.1) is 0 Å². The SMILES string of the molecule is Cc1[nH]c(C(=O)O)c(C)c1C(=O)N1CCCCCC1CO. The molecule has 6 heteroatoms. The van der Waals surface area contributed by atoms with Crippen molar-refractivity contribution in [1.29, 1.82) is 0 Å². The van der Waals surface area contributed by atoms with E-state index >= 15 is 0 Å². The topological polar surface area (TPSA) is 93.6 Å². The first-order valence-electron chi connectivity index (χ1n) is 7.31. The number of aryl methyl sites for hydroxylation is 1. The Morgan fingerprint density at radius 3 is 2.57 bits per heavy atom. The van der Waals surface area contributed by atoms with Crippen molar-refractivity contribution >= 4 is 11.9 Å². The molecule has 1 aliphatic rings. The highest BCUT2D eigenvalue weighted by Crippen LogP contribution is 2.24. The number of aromatic carboxylic acids is 1. The zero-order chi connectivity index (χ0) is 15.6. The van der Waals surface area contributed by atoms with Gasteiger partial charge in [-0.25, -0.2) is 4.79 Å². The second-order valence-electron chi connectivity index (χ2n) is 5.61. The number of amides is 1. The third-order valence-electron chi connectivity index (χ3n) is 4.21. The fraction of sp³-hybridized carbons (Fsp3) is 0.600. The van der Waals surface area contributed by atoms with Crippen molar-refractivity contribution in [3.8, 4) is 0 Å². The van der Waals surface area contributed by atoms with Crippen LogP contribution >= 0.6 is 0 Å². The maximum atomic E-state index is 12.8. The zero-order valence-corrected chi connectivity index (χ0v) is 12.5. The summed E-state index contributed by atoms with van der Waals surface area (Å²) in [5.41, 5.74) is 1.51. The molecule has 0 aromatic carbocycles. The van der Waals surface area contributed by atoms with Crippen LogP contribution in [0.25, 0.3) is 0 Å². The van der Waals surface area contributed by atoms with Crippen LogP contribution in [0.1, 0.15) is 57.8 Å². The van der Waals surface area contributed by atoms with Crippen LogP contribution in [-0.2, 0) is 0 Å². The van der Waals surface area contributed by atoms with Crippen LogP contribution in [0.5, 0.6) is 0 Å². The van der Waals surface area contributed by atoms with E-state index in [1.807, 2.05) is 0 Å². The molecule has 0 bridgehead atoms. The van der Waals surface area contributed by atoms with E-state index < -0.39 is 5.97 Å². The number of carbonyl (C=O) groups is 2. The predicted octanol–water partition coefficient (Wildman–Crippen LogP) is 1.71. The maximum absolute atomic E-state index is 12.8. The van der Waals surface area contributed by atoms with Crippen molar-refractivity contribution in [3.63, 3.8) is 0 Å². The van der Waals surface area contributed by atoms with Gasteiger partial charge in [0.25, 0.3) is 5.91 Å². The normalized spacial score (nSPS) is 19.4. The number of H-pyrrole nitrogens is 1.